The average Bonchev–Trinajstić information content (AvgIpc) is 2.42. The van der Waals surface area contributed by atoms with Crippen molar-refractivity contribution < 1.29 is 4.74 Å². The van der Waals surface area contributed by atoms with Gasteiger partial charge in [0.05, 0.1) is 6.61 Å². The van der Waals surface area contributed by atoms with Crippen molar-refractivity contribution in [3.8, 4) is 0 Å². The molecule has 2 aromatic carbocycles. The lowest BCUT2D eigenvalue weighted by molar-refractivity contribution is 0.185. The smallest absolute Gasteiger partial charge is 0.0733 e. The highest BCUT2D eigenvalue weighted by molar-refractivity contribution is 9.10. The van der Waals surface area contributed by atoms with Gasteiger partial charge in [-0.2, -0.15) is 0 Å². The minimum absolute atomic E-state index is 0.593. The molecule has 0 heterocycles. The quantitative estimate of drug-likeness (QED) is 0.839. The molecule has 4 heteroatoms. The van der Waals surface area contributed by atoms with Gasteiger partial charge in [-0.15, -0.1) is 0 Å². The Morgan fingerprint density at radius 2 is 1.95 bits per heavy atom. The predicted octanol–water partition coefficient (Wildman–Crippen LogP) is 4.86. The van der Waals surface area contributed by atoms with Gasteiger partial charge in [0.25, 0.3) is 0 Å². The van der Waals surface area contributed by atoms with Crippen molar-refractivity contribution in [2.45, 2.75) is 13.2 Å². The van der Waals surface area contributed by atoms with Gasteiger partial charge in [0.2, 0.25) is 0 Å². The molecule has 0 aliphatic carbocycles. The molecule has 0 amide bonds. The fourth-order valence-corrected chi connectivity index (χ4v) is 2.44. The lowest BCUT2D eigenvalue weighted by atomic mass is 10.1. The first-order valence-electron chi connectivity index (χ1n) is 5.95. The minimum atomic E-state index is 0.593. The van der Waals surface area contributed by atoms with Crippen molar-refractivity contribution in [2.75, 3.05) is 12.4 Å². The first kappa shape index (κ1) is 14.4. The maximum Gasteiger partial charge on any atom is 0.0733 e. The van der Waals surface area contributed by atoms with Gasteiger partial charge in [-0.3, -0.25) is 0 Å². The number of methoxy groups -OCH3 is 1. The molecule has 19 heavy (non-hydrogen) atoms. The second-order valence-corrected chi connectivity index (χ2v) is 5.50. The molecule has 0 fully saturated rings. The molecule has 0 spiro atoms. The van der Waals surface area contributed by atoms with E-state index in [1.54, 1.807) is 7.11 Å². The molecule has 0 atom stereocenters. The molecule has 0 bridgehead atoms. The third-order valence-corrected chi connectivity index (χ3v) is 3.66. The number of anilines is 1. The summed E-state index contributed by atoms with van der Waals surface area (Å²) < 4.78 is 6.22. The molecule has 2 aromatic rings. The Labute approximate surface area is 126 Å². The van der Waals surface area contributed by atoms with Gasteiger partial charge >= 0.3 is 0 Å². The molecule has 0 saturated heterocycles. The summed E-state index contributed by atoms with van der Waals surface area (Å²) in [5, 5.41) is 4.16. The van der Waals surface area contributed by atoms with Crippen LogP contribution in [-0.2, 0) is 17.9 Å². The molecular weight excluding hydrogens is 326 g/mol. The second kappa shape index (κ2) is 6.94. The summed E-state index contributed by atoms with van der Waals surface area (Å²) in [6, 6.07) is 14.0. The summed E-state index contributed by atoms with van der Waals surface area (Å²) in [6.07, 6.45) is 0. The van der Waals surface area contributed by atoms with Gasteiger partial charge in [-0.05, 0) is 29.8 Å². The number of para-hydroxylation sites is 1. The van der Waals surface area contributed by atoms with Crippen LogP contribution in [-0.4, -0.2) is 7.11 Å². The summed E-state index contributed by atoms with van der Waals surface area (Å²) in [4.78, 5) is 0. The molecule has 0 aromatic heterocycles. The zero-order valence-corrected chi connectivity index (χ0v) is 13.0. The highest BCUT2D eigenvalue weighted by atomic mass is 79.9. The van der Waals surface area contributed by atoms with E-state index in [1.807, 2.05) is 42.5 Å². The first-order valence-corrected chi connectivity index (χ1v) is 7.12. The average molecular weight is 341 g/mol. The van der Waals surface area contributed by atoms with E-state index in [0.29, 0.717) is 13.2 Å². The van der Waals surface area contributed by atoms with Gasteiger partial charge in [-0.1, -0.05) is 45.7 Å². The molecule has 2 rings (SSSR count). The topological polar surface area (TPSA) is 21.3 Å². The molecule has 0 aliphatic rings. The molecule has 2 nitrogen and oxygen atoms in total. The molecule has 0 radical (unpaired) electrons. The number of ether oxygens (including phenoxy) is 1. The Morgan fingerprint density at radius 1 is 1.16 bits per heavy atom. The SMILES string of the molecule is COCc1ccccc1NCc1cc(Br)ccc1Cl. The van der Waals surface area contributed by atoms with E-state index in [9.17, 15) is 0 Å². The monoisotopic (exact) mass is 339 g/mol. The lowest BCUT2D eigenvalue weighted by Gasteiger charge is -2.12. The Bertz CT molecular complexity index is 560. The molecule has 100 valence electrons. The minimum Gasteiger partial charge on any atom is -0.381 e. The number of halogens is 2. The van der Waals surface area contributed by atoms with E-state index in [4.69, 9.17) is 16.3 Å². The molecule has 1 N–H and O–H groups in total. The van der Waals surface area contributed by atoms with E-state index < -0.39 is 0 Å². The van der Waals surface area contributed by atoms with Crippen molar-refractivity contribution in [1.29, 1.82) is 0 Å². The second-order valence-electron chi connectivity index (χ2n) is 4.18. The van der Waals surface area contributed by atoms with Crippen LogP contribution in [0.15, 0.2) is 46.9 Å². The highest BCUT2D eigenvalue weighted by Crippen LogP contribution is 2.23. The van der Waals surface area contributed by atoms with E-state index in [2.05, 4.69) is 21.2 Å². The van der Waals surface area contributed by atoms with Gasteiger partial charge in [0.1, 0.15) is 0 Å². The van der Waals surface area contributed by atoms with Crippen LogP contribution in [0, 0.1) is 0 Å². The lowest BCUT2D eigenvalue weighted by Crippen LogP contribution is -2.03. The fraction of sp³-hybridized carbons (Fsp3) is 0.200. The molecule has 0 unspecified atom stereocenters. The number of hydrogen-bond acceptors (Lipinski definition) is 2. The summed E-state index contributed by atoms with van der Waals surface area (Å²) >= 11 is 9.63. The third-order valence-electron chi connectivity index (χ3n) is 2.79. The van der Waals surface area contributed by atoms with Crippen LogP contribution in [0.4, 0.5) is 5.69 Å². The Hall–Kier alpha value is -1.03. The van der Waals surface area contributed by atoms with Crippen LogP contribution in [0.5, 0.6) is 0 Å². The predicted molar refractivity (Wildman–Crippen MR) is 83.6 cm³/mol. The Morgan fingerprint density at radius 3 is 2.74 bits per heavy atom. The summed E-state index contributed by atoms with van der Waals surface area (Å²) in [6.45, 7) is 1.27. The van der Waals surface area contributed by atoms with Crippen LogP contribution in [0.25, 0.3) is 0 Å². The Balaban J connectivity index is 2.12. The summed E-state index contributed by atoms with van der Waals surface area (Å²) in [5.74, 6) is 0. The van der Waals surface area contributed by atoms with Crippen molar-refractivity contribution >= 4 is 33.2 Å². The third kappa shape index (κ3) is 3.96. The standard InChI is InChI=1S/C15H15BrClNO/c1-19-10-11-4-2-3-5-15(11)18-9-12-8-13(16)6-7-14(12)17/h2-8,18H,9-10H2,1H3. The van der Waals surface area contributed by atoms with E-state index in [-0.39, 0.29) is 0 Å². The largest absolute Gasteiger partial charge is 0.381 e. The fourth-order valence-electron chi connectivity index (χ4n) is 1.84. The van der Waals surface area contributed by atoms with Crippen molar-refractivity contribution in [3.05, 3.63) is 63.1 Å². The van der Waals surface area contributed by atoms with Gasteiger partial charge in [-0.25, -0.2) is 0 Å². The van der Waals surface area contributed by atoms with Crippen molar-refractivity contribution in [1.82, 2.24) is 0 Å². The zero-order valence-electron chi connectivity index (χ0n) is 10.6. The number of nitrogens with one attached hydrogen (secondary N) is 1. The number of benzene rings is 2. The van der Waals surface area contributed by atoms with Crippen molar-refractivity contribution in [3.63, 3.8) is 0 Å². The molecule has 0 aliphatic heterocycles. The first-order chi connectivity index (χ1) is 9.20. The normalized spacial score (nSPS) is 10.5. The maximum absolute atomic E-state index is 6.18. The zero-order chi connectivity index (χ0) is 13.7. The van der Waals surface area contributed by atoms with Crippen LogP contribution in [0.1, 0.15) is 11.1 Å². The van der Waals surface area contributed by atoms with Crippen LogP contribution < -0.4 is 5.32 Å². The molecular formula is C15H15BrClNO. The summed E-state index contributed by atoms with van der Waals surface area (Å²) in [7, 11) is 1.70. The highest BCUT2D eigenvalue weighted by Gasteiger charge is 2.04. The van der Waals surface area contributed by atoms with Crippen LogP contribution in [0.3, 0.4) is 0 Å². The van der Waals surface area contributed by atoms with Crippen LogP contribution >= 0.6 is 27.5 Å². The van der Waals surface area contributed by atoms with Crippen LogP contribution in [0.2, 0.25) is 5.02 Å². The Kier molecular flexibility index (Phi) is 5.25. The summed E-state index contributed by atoms with van der Waals surface area (Å²) in [5.41, 5.74) is 3.26. The van der Waals surface area contributed by atoms with Crippen molar-refractivity contribution in [2.24, 2.45) is 0 Å². The van der Waals surface area contributed by atoms with Gasteiger partial charge in [0.15, 0.2) is 0 Å². The maximum atomic E-state index is 6.18. The van der Waals surface area contributed by atoms with Gasteiger partial charge < -0.3 is 10.1 Å². The van der Waals surface area contributed by atoms with E-state index >= 15 is 0 Å². The number of rotatable bonds is 5. The van der Waals surface area contributed by atoms with Gasteiger partial charge in [0, 0.05) is 34.4 Å². The van der Waals surface area contributed by atoms with E-state index in [1.165, 1.54) is 0 Å². The molecule has 0 saturated carbocycles. The number of hydrogen-bond donors (Lipinski definition) is 1. The van der Waals surface area contributed by atoms with E-state index in [0.717, 1.165) is 26.3 Å².